The third-order valence-electron chi connectivity index (χ3n) is 3.33. The Hall–Kier alpha value is -0.910. The van der Waals surface area contributed by atoms with E-state index in [9.17, 15) is 5.11 Å². The zero-order valence-corrected chi connectivity index (χ0v) is 11.4. The molecule has 6 heteroatoms. The summed E-state index contributed by atoms with van der Waals surface area (Å²) in [6.45, 7) is 5.01. The molecule has 100 valence electrons. The van der Waals surface area contributed by atoms with Gasteiger partial charge in [-0.3, -0.25) is 0 Å². The van der Waals surface area contributed by atoms with E-state index in [1.54, 1.807) is 6.92 Å². The number of aryl methyl sites for hydroxylation is 1. The lowest BCUT2D eigenvalue weighted by Gasteiger charge is -2.37. The largest absolute Gasteiger partial charge is 0.394 e. The Balaban J connectivity index is 2.26. The highest BCUT2D eigenvalue weighted by Gasteiger charge is 2.32. The summed E-state index contributed by atoms with van der Waals surface area (Å²) in [5.74, 6) is 1.32. The topological polar surface area (TPSA) is 67.3 Å². The van der Waals surface area contributed by atoms with Crippen molar-refractivity contribution in [1.82, 2.24) is 9.97 Å². The number of nitrogens with one attached hydrogen (secondary N) is 1. The van der Waals surface area contributed by atoms with Gasteiger partial charge in [0, 0.05) is 18.8 Å². The van der Waals surface area contributed by atoms with Gasteiger partial charge >= 0.3 is 0 Å². The van der Waals surface area contributed by atoms with Gasteiger partial charge in [-0.25, -0.2) is 9.97 Å². The average molecular weight is 272 g/mol. The zero-order chi connectivity index (χ0) is 13.2. The minimum Gasteiger partial charge on any atom is -0.394 e. The predicted molar refractivity (Wildman–Crippen MR) is 70.0 cm³/mol. The van der Waals surface area contributed by atoms with Crippen molar-refractivity contribution in [1.29, 1.82) is 0 Å². The maximum absolute atomic E-state index is 9.64. The molecule has 0 atom stereocenters. The Morgan fingerprint density at radius 1 is 1.33 bits per heavy atom. The molecule has 0 radical (unpaired) electrons. The second kappa shape index (κ2) is 5.38. The summed E-state index contributed by atoms with van der Waals surface area (Å²) in [6.07, 6.45) is 1.51. The van der Waals surface area contributed by atoms with Crippen LogP contribution in [-0.4, -0.2) is 40.4 Å². The molecule has 0 aliphatic carbocycles. The van der Waals surface area contributed by atoms with E-state index in [0.717, 1.165) is 18.4 Å². The fraction of sp³-hybridized carbons (Fsp3) is 0.667. The lowest BCUT2D eigenvalue weighted by atomic mass is 9.91. The molecule has 2 rings (SSSR count). The van der Waals surface area contributed by atoms with Gasteiger partial charge in [0.25, 0.3) is 0 Å². The molecule has 0 spiro atoms. The predicted octanol–water partition coefficient (Wildman–Crippen LogP) is 1.70. The van der Waals surface area contributed by atoms with Gasteiger partial charge in [0.1, 0.15) is 16.8 Å². The van der Waals surface area contributed by atoms with Gasteiger partial charge in [-0.1, -0.05) is 11.6 Å². The maximum atomic E-state index is 9.64. The van der Waals surface area contributed by atoms with E-state index < -0.39 is 0 Å². The minimum atomic E-state index is -0.368. The monoisotopic (exact) mass is 271 g/mol. The lowest BCUT2D eigenvalue weighted by molar-refractivity contribution is 0.0378. The lowest BCUT2D eigenvalue weighted by Crippen LogP contribution is -2.47. The van der Waals surface area contributed by atoms with Crippen LogP contribution in [0.2, 0.25) is 5.15 Å². The summed E-state index contributed by atoms with van der Waals surface area (Å²) in [5.41, 5.74) is 0.439. The minimum absolute atomic E-state index is 0.0521. The van der Waals surface area contributed by atoms with Crippen LogP contribution in [0.3, 0.4) is 0 Å². The maximum Gasteiger partial charge on any atom is 0.137 e. The van der Waals surface area contributed by atoms with Crippen molar-refractivity contribution < 1.29 is 9.84 Å². The number of rotatable bonds is 3. The molecule has 2 N–H and O–H groups in total. The van der Waals surface area contributed by atoms with E-state index in [-0.39, 0.29) is 12.1 Å². The summed E-state index contributed by atoms with van der Waals surface area (Å²) in [7, 11) is 0. The number of halogens is 1. The third-order valence-corrected chi connectivity index (χ3v) is 3.70. The summed E-state index contributed by atoms with van der Waals surface area (Å²) in [5, 5.41) is 13.4. The van der Waals surface area contributed by atoms with Crippen LogP contribution < -0.4 is 5.32 Å². The summed E-state index contributed by atoms with van der Waals surface area (Å²) >= 11 is 6.05. The number of aliphatic hydroxyl groups is 1. The fourth-order valence-corrected chi connectivity index (χ4v) is 2.26. The van der Waals surface area contributed by atoms with Crippen LogP contribution in [0.1, 0.15) is 24.2 Å². The van der Waals surface area contributed by atoms with Crippen LogP contribution >= 0.6 is 11.6 Å². The highest BCUT2D eigenvalue weighted by Crippen LogP contribution is 2.28. The molecule has 0 saturated carbocycles. The Kier molecular flexibility index (Phi) is 4.04. The first-order valence-corrected chi connectivity index (χ1v) is 6.42. The van der Waals surface area contributed by atoms with Crippen LogP contribution in [-0.2, 0) is 4.74 Å². The number of ether oxygens (including phenoxy) is 1. The third kappa shape index (κ3) is 2.74. The average Bonchev–Trinajstić information content (AvgIpc) is 2.36. The Morgan fingerprint density at radius 2 is 2.00 bits per heavy atom. The van der Waals surface area contributed by atoms with Crippen molar-refractivity contribution in [2.75, 3.05) is 25.1 Å². The Morgan fingerprint density at radius 3 is 2.61 bits per heavy atom. The molecular formula is C12H18ClN3O2. The molecule has 1 aliphatic rings. The molecule has 1 aromatic rings. The molecule has 0 unspecified atom stereocenters. The first kappa shape index (κ1) is 13.5. The van der Waals surface area contributed by atoms with E-state index in [2.05, 4.69) is 15.3 Å². The smallest absolute Gasteiger partial charge is 0.137 e. The molecule has 2 heterocycles. The SMILES string of the molecule is Cc1nc(Cl)c(C)c(NC2(CO)CCOCC2)n1. The van der Waals surface area contributed by atoms with Crippen LogP contribution in [0.4, 0.5) is 5.82 Å². The normalized spacial score (nSPS) is 18.7. The van der Waals surface area contributed by atoms with E-state index in [1.807, 2.05) is 6.92 Å². The molecular weight excluding hydrogens is 254 g/mol. The van der Waals surface area contributed by atoms with Crippen molar-refractivity contribution in [3.05, 3.63) is 16.5 Å². The second-order valence-corrected chi connectivity index (χ2v) is 5.07. The highest BCUT2D eigenvalue weighted by molar-refractivity contribution is 6.30. The molecule has 18 heavy (non-hydrogen) atoms. The molecule has 0 aromatic carbocycles. The fourth-order valence-electron chi connectivity index (χ4n) is 2.05. The van der Waals surface area contributed by atoms with Crippen molar-refractivity contribution in [3.63, 3.8) is 0 Å². The Labute approximate surface area is 112 Å². The van der Waals surface area contributed by atoms with Crippen molar-refractivity contribution in [2.45, 2.75) is 32.2 Å². The van der Waals surface area contributed by atoms with Gasteiger partial charge in [-0.15, -0.1) is 0 Å². The quantitative estimate of drug-likeness (QED) is 0.819. The summed E-state index contributed by atoms with van der Waals surface area (Å²) < 4.78 is 5.33. The molecule has 0 amide bonds. The van der Waals surface area contributed by atoms with E-state index in [1.165, 1.54) is 0 Å². The van der Waals surface area contributed by atoms with Gasteiger partial charge in [-0.05, 0) is 26.7 Å². The first-order valence-electron chi connectivity index (χ1n) is 6.04. The Bertz CT molecular complexity index is 434. The number of hydrogen-bond acceptors (Lipinski definition) is 5. The van der Waals surface area contributed by atoms with Gasteiger partial charge in [-0.2, -0.15) is 0 Å². The van der Waals surface area contributed by atoms with E-state index in [0.29, 0.717) is 30.0 Å². The van der Waals surface area contributed by atoms with Crippen LogP contribution in [0.15, 0.2) is 0 Å². The number of hydrogen-bond donors (Lipinski definition) is 2. The van der Waals surface area contributed by atoms with Gasteiger partial charge in [0.15, 0.2) is 0 Å². The molecule has 1 aromatic heterocycles. The van der Waals surface area contributed by atoms with Crippen molar-refractivity contribution >= 4 is 17.4 Å². The number of nitrogens with zero attached hydrogens (tertiary/aromatic N) is 2. The zero-order valence-electron chi connectivity index (χ0n) is 10.7. The van der Waals surface area contributed by atoms with Gasteiger partial charge in [0.05, 0.1) is 12.1 Å². The second-order valence-electron chi connectivity index (χ2n) is 4.71. The molecule has 1 fully saturated rings. The highest BCUT2D eigenvalue weighted by atomic mass is 35.5. The number of aliphatic hydroxyl groups excluding tert-OH is 1. The van der Waals surface area contributed by atoms with Crippen molar-refractivity contribution in [2.24, 2.45) is 0 Å². The van der Waals surface area contributed by atoms with E-state index >= 15 is 0 Å². The molecule has 1 aliphatic heterocycles. The molecule has 5 nitrogen and oxygen atoms in total. The van der Waals surface area contributed by atoms with Crippen LogP contribution in [0.25, 0.3) is 0 Å². The number of anilines is 1. The summed E-state index contributed by atoms with van der Waals surface area (Å²) in [4.78, 5) is 8.46. The van der Waals surface area contributed by atoms with E-state index in [4.69, 9.17) is 16.3 Å². The van der Waals surface area contributed by atoms with Gasteiger partial charge < -0.3 is 15.2 Å². The standard InChI is InChI=1S/C12H18ClN3O2/c1-8-10(13)14-9(2)15-11(8)16-12(7-17)3-5-18-6-4-12/h17H,3-7H2,1-2H3,(H,14,15,16). The number of aromatic nitrogens is 2. The first-order chi connectivity index (χ1) is 8.56. The summed E-state index contributed by atoms with van der Waals surface area (Å²) in [6, 6.07) is 0. The van der Waals surface area contributed by atoms with Gasteiger partial charge in [0.2, 0.25) is 0 Å². The molecule has 0 bridgehead atoms. The van der Waals surface area contributed by atoms with Crippen molar-refractivity contribution in [3.8, 4) is 0 Å². The van der Waals surface area contributed by atoms with Crippen LogP contribution in [0, 0.1) is 13.8 Å². The van der Waals surface area contributed by atoms with Crippen LogP contribution in [0.5, 0.6) is 0 Å². The molecule has 1 saturated heterocycles.